The van der Waals surface area contributed by atoms with Gasteiger partial charge < -0.3 is 10.6 Å². The Hall–Kier alpha value is -0.790. The maximum absolute atomic E-state index is 4.41. The number of hydrogen-bond donors (Lipinski definition) is 2. The van der Waals surface area contributed by atoms with Gasteiger partial charge in [-0.15, -0.1) is 24.0 Å². The molecule has 6 heteroatoms. The molecule has 0 aromatic carbocycles. The minimum atomic E-state index is 0. The second-order valence-corrected chi connectivity index (χ2v) is 3.21. The van der Waals surface area contributed by atoms with E-state index in [1.165, 1.54) is 0 Å². The first-order valence-corrected chi connectivity index (χ1v) is 5.27. The highest BCUT2D eigenvalue weighted by atomic mass is 127. The van der Waals surface area contributed by atoms with Crippen molar-refractivity contribution in [1.82, 2.24) is 20.4 Å². The van der Waals surface area contributed by atoms with Gasteiger partial charge in [-0.2, -0.15) is 5.10 Å². The van der Waals surface area contributed by atoms with Gasteiger partial charge in [-0.3, -0.25) is 4.68 Å². The average Bonchev–Trinajstić information content (AvgIpc) is 2.61. The molecule has 1 aromatic rings. The molecule has 16 heavy (non-hydrogen) atoms. The van der Waals surface area contributed by atoms with Crippen molar-refractivity contribution in [1.29, 1.82) is 0 Å². The summed E-state index contributed by atoms with van der Waals surface area (Å²) in [6.45, 7) is 6.44. The molecule has 92 valence electrons. The number of hydrogen-bond acceptors (Lipinski definition) is 2. The van der Waals surface area contributed by atoms with E-state index >= 15 is 0 Å². The van der Waals surface area contributed by atoms with Crippen LogP contribution in [-0.4, -0.2) is 28.8 Å². The van der Waals surface area contributed by atoms with E-state index in [4.69, 9.17) is 0 Å². The van der Waals surface area contributed by atoms with Gasteiger partial charge in [0.2, 0.25) is 0 Å². The SMILES string of the molecule is CCNC(=NCc1ccn(C)n1)NCC.I. The van der Waals surface area contributed by atoms with Gasteiger partial charge in [0.05, 0.1) is 12.2 Å². The maximum Gasteiger partial charge on any atom is 0.191 e. The molecular weight excluding hydrogens is 317 g/mol. The van der Waals surface area contributed by atoms with Crippen LogP contribution in [0.15, 0.2) is 17.3 Å². The highest BCUT2D eigenvalue weighted by Gasteiger charge is 1.97. The van der Waals surface area contributed by atoms with Crippen LogP contribution in [-0.2, 0) is 13.6 Å². The normalized spacial score (nSPS) is 9.19. The monoisotopic (exact) mass is 337 g/mol. The lowest BCUT2D eigenvalue weighted by molar-refractivity contribution is 0.739. The number of nitrogens with zero attached hydrogens (tertiary/aromatic N) is 3. The molecule has 1 rings (SSSR count). The molecule has 0 aliphatic carbocycles. The van der Waals surface area contributed by atoms with E-state index in [9.17, 15) is 0 Å². The molecular formula is C10H20IN5. The van der Waals surface area contributed by atoms with Gasteiger partial charge in [0.1, 0.15) is 0 Å². The van der Waals surface area contributed by atoms with Crippen LogP contribution < -0.4 is 10.6 Å². The van der Waals surface area contributed by atoms with Gasteiger partial charge in [0, 0.05) is 26.3 Å². The fourth-order valence-corrected chi connectivity index (χ4v) is 1.22. The first-order chi connectivity index (χ1) is 7.26. The predicted octanol–water partition coefficient (Wildman–Crippen LogP) is 1.11. The summed E-state index contributed by atoms with van der Waals surface area (Å²) < 4.78 is 1.78. The van der Waals surface area contributed by atoms with E-state index in [-0.39, 0.29) is 24.0 Å². The number of halogens is 1. The fraction of sp³-hybridized carbons (Fsp3) is 0.600. The van der Waals surface area contributed by atoms with Crippen LogP contribution in [0.1, 0.15) is 19.5 Å². The molecule has 0 aliphatic heterocycles. The van der Waals surface area contributed by atoms with E-state index < -0.39 is 0 Å². The van der Waals surface area contributed by atoms with Crippen LogP contribution in [0.25, 0.3) is 0 Å². The molecule has 0 bridgehead atoms. The number of rotatable bonds is 4. The van der Waals surface area contributed by atoms with Crippen LogP contribution >= 0.6 is 24.0 Å². The van der Waals surface area contributed by atoms with Crippen molar-refractivity contribution in [2.45, 2.75) is 20.4 Å². The second kappa shape index (κ2) is 8.37. The van der Waals surface area contributed by atoms with Crippen molar-refractivity contribution in [3.8, 4) is 0 Å². The van der Waals surface area contributed by atoms with Gasteiger partial charge in [-0.1, -0.05) is 0 Å². The molecule has 1 aromatic heterocycles. The molecule has 2 N–H and O–H groups in total. The van der Waals surface area contributed by atoms with Crippen LogP contribution in [0.4, 0.5) is 0 Å². The third-order valence-electron chi connectivity index (χ3n) is 1.86. The first kappa shape index (κ1) is 15.2. The van der Waals surface area contributed by atoms with Gasteiger partial charge >= 0.3 is 0 Å². The molecule has 0 aliphatic rings. The Balaban J connectivity index is 0.00000225. The van der Waals surface area contributed by atoms with Gasteiger partial charge in [0.25, 0.3) is 0 Å². The Morgan fingerprint density at radius 2 is 2.00 bits per heavy atom. The number of aromatic nitrogens is 2. The van der Waals surface area contributed by atoms with Crippen LogP contribution in [0.3, 0.4) is 0 Å². The van der Waals surface area contributed by atoms with Gasteiger partial charge in [-0.25, -0.2) is 4.99 Å². The van der Waals surface area contributed by atoms with Crippen molar-refractivity contribution in [2.75, 3.05) is 13.1 Å². The standard InChI is InChI=1S/C10H19N5.HI/c1-4-11-10(12-5-2)13-8-9-6-7-15(3)14-9;/h6-7H,4-5,8H2,1-3H3,(H2,11,12,13);1H. The molecule has 0 unspecified atom stereocenters. The zero-order valence-electron chi connectivity index (χ0n) is 10.0. The number of nitrogens with one attached hydrogen (secondary N) is 2. The summed E-state index contributed by atoms with van der Waals surface area (Å²) in [4.78, 5) is 4.41. The van der Waals surface area contributed by atoms with Crippen molar-refractivity contribution in [2.24, 2.45) is 12.0 Å². The maximum atomic E-state index is 4.41. The Morgan fingerprint density at radius 3 is 2.44 bits per heavy atom. The fourth-order valence-electron chi connectivity index (χ4n) is 1.22. The minimum Gasteiger partial charge on any atom is -0.357 e. The largest absolute Gasteiger partial charge is 0.357 e. The molecule has 0 fully saturated rings. The molecule has 0 saturated heterocycles. The summed E-state index contributed by atoms with van der Waals surface area (Å²) in [5, 5.41) is 10.6. The topological polar surface area (TPSA) is 54.2 Å². The molecule has 0 atom stereocenters. The van der Waals surface area contributed by atoms with Crippen LogP contribution in [0.2, 0.25) is 0 Å². The summed E-state index contributed by atoms with van der Waals surface area (Å²) in [7, 11) is 1.91. The molecule has 0 radical (unpaired) electrons. The van der Waals surface area contributed by atoms with E-state index in [0.29, 0.717) is 6.54 Å². The summed E-state index contributed by atoms with van der Waals surface area (Å²) >= 11 is 0. The summed E-state index contributed by atoms with van der Waals surface area (Å²) in [5.41, 5.74) is 0.978. The van der Waals surface area contributed by atoms with E-state index in [0.717, 1.165) is 24.7 Å². The first-order valence-electron chi connectivity index (χ1n) is 5.27. The van der Waals surface area contributed by atoms with Crippen LogP contribution in [0.5, 0.6) is 0 Å². The number of aliphatic imine (C=N–C) groups is 1. The summed E-state index contributed by atoms with van der Waals surface area (Å²) in [6, 6.07) is 1.97. The highest BCUT2D eigenvalue weighted by Crippen LogP contribution is 1.95. The van der Waals surface area contributed by atoms with E-state index in [1.807, 2.05) is 33.2 Å². The lowest BCUT2D eigenvalue weighted by Crippen LogP contribution is -2.36. The van der Waals surface area contributed by atoms with Crippen molar-refractivity contribution in [3.63, 3.8) is 0 Å². The van der Waals surface area contributed by atoms with Crippen molar-refractivity contribution >= 4 is 29.9 Å². The van der Waals surface area contributed by atoms with Gasteiger partial charge in [0.15, 0.2) is 5.96 Å². The Kier molecular flexibility index (Phi) is 7.96. The highest BCUT2D eigenvalue weighted by molar-refractivity contribution is 14.0. The third kappa shape index (κ3) is 5.34. The van der Waals surface area contributed by atoms with Crippen molar-refractivity contribution in [3.05, 3.63) is 18.0 Å². The minimum absolute atomic E-state index is 0. The lowest BCUT2D eigenvalue weighted by atomic mass is 10.4. The quantitative estimate of drug-likeness (QED) is 0.492. The third-order valence-corrected chi connectivity index (χ3v) is 1.86. The molecule has 0 spiro atoms. The zero-order valence-corrected chi connectivity index (χ0v) is 12.4. The smallest absolute Gasteiger partial charge is 0.191 e. The second-order valence-electron chi connectivity index (χ2n) is 3.21. The Bertz CT molecular complexity index is 313. The summed E-state index contributed by atoms with van der Waals surface area (Å²) in [5.74, 6) is 0.839. The number of aryl methyl sites for hydroxylation is 1. The van der Waals surface area contributed by atoms with E-state index in [2.05, 4.69) is 20.7 Å². The Morgan fingerprint density at radius 1 is 1.38 bits per heavy atom. The molecule has 5 nitrogen and oxygen atoms in total. The van der Waals surface area contributed by atoms with E-state index in [1.54, 1.807) is 4.68 Å². The molecule has 0 amide bonds. The zero-order chi connectivity index (χ0) is 11.1. The lowest BCUT2D eigenvalue weighted by Gasteiger charge is -2.08. The van der Waals surface area contributed by atoms with Gasteiger partial charge in [-0.05, 0) is 19.9 Å². The predicted molar refractivity (Wildman–Crippen MR) is 77.1 cm³/mol. The Labute approximate surface area is 114 Å². The summed E-state index contributed by atoms with van der Waals surface area (Å²) in [6.07, 6.45) is 1.92. The molecule has 1 heterocycles. The molecule has 0 saturated carbocycles. The average molecular weight is 337 g/mol. The van der Waals surface area contributed by atoms with Crippen LogP contribution in [0, 0.1) is 0 Å². The van der Waals surface area contributed by atoms with Crippen molar-refractivity contribution < 1.29 is 0 Å². The number of guanidine groups is 1.